The standard InChI is InChI=1S/C13H13BrClN3S/c14-12-9-19-13(16-12)18-7-5-17(6-8-18)11-3-1-10(15)2-4-11/h1-4,9H,5-8H2. The molecule has 0 saturated carbocycles. The molecule has 0 bridgehead atoms. The van der Waals surface area contributed by atoms with E-state index in [0.29, 0.717) is 0 Å². The SMILES string of the molecule is Clc1ccc(N2CCN(c3nc(Br)cs3)CC2)cc1. The van der Waals surface area contributed by atoms with Gasteiger partial charge in [-0.3, -0.25) is 0 Å². The van der Waals surface area contributed by atoms with Gasteiger partial charge in [0.15, 0.2) is 5.13 Å². The molecule has 3 rings (SSSR count). The number of nitrogens with zero attached hydrogens (tertiary/aromatic N) is 3. The van der Waals surface area contributed by atoms with Crippen LogP contribution in [0, 0.1) is 0 Å². The van der Waals surface area contributed by atoms with Crippen LogP contribution in [0.3, 0.4) is 0 Å². The summed E-state index contributed by atoms with van der Waals surface area (Å²) in [5, 5.41) is 3.92. The molecular weight excluding hydrogens is 346 g/mol. The fourth-order valence-electron chi connectivity index (χ4n) is 2.20. The summed E-state index contributed by atoms with van der Waals surface area (Å²) in [5.41, 5.74) is 1.24. The van der Waals surface area contributed by atoms with Crippen molar-refractivity contribution in [2.24, 2.45) is 0 Å². The monoisotopic (exact) mass is 357 g/mol. The van der Waals surface area contributed by atoms with Crippen molar-refractivity contribution in [1.29, 1.82) is 0 Å². The number of piperazine rings is 1. The minimum absolute atomic E-state index is 0.787. The van der Waals surface area contributed by atoms with Gasteiger partial charge in [-0.05, 0) is 40.2 Å². The Hall–Kier alpha value is -0.780. The third-order valence-corrected chi connectivity index (χ3v) is 5.07. The molecule has 1 fully saturated rings. The van der Waals surface area contributed by atoms with E-state index >= 15 is 0 Å². The molecule has 1 saturated heterocycles. The lowest BCUT2D eigenvalue weighted by atomic mass is 10.2. The van der Waals surface area contributed by atoms with E-state index in [1.165, 1.54) is 5.69 Å². The lowest BCUT2D eigenvalue weighted by Gasteiger charge is -2.36. The molecule has 1 aliphatic heterocycles. The van der Waals surface area contributed by atoms with Gasteiger partial charge in [-0.2, -0.15) is 0 Å². The van der Waals surface area contributed by atoms with Crippen molar-refractivity contribution in [3.63, 3.8) is 0 Å². The molecule has 0 radical (unpaired) electrons. The molecule has 1 aromatic carbocycles. The summed E-state index contributed by atoms with van der Waals surface area (Å²) >= 11 is 11.0. The predicted molar refractivity (Wildman–Crippen MR) is 85.7 cm³/mol. The van der Waals surface area contributed by atoms with E-state index in [2.05, 4.69) is 42.8 Å². The lowest BCUT2D eigenvalue weighted by molar-refractivity contribution is 0.652. The fourth-order valence-corrected chi connectivity index (χ4v) is 3.63. The zero-order valence-electron chi connectivity index (χ0n) is 10.2. The largest absolute Gasteiger partial charge is 0.368 e. The first kappa shape index (κ1) is 13.2. The van der Waals surface area contributed by atoms with Crippen molar-refractivity contribution in [3.05, 3.63) is 39.3 Å². The van der Waals surface area contributed by atoms with Gasteiger partial charge >= 0.3 is 0 Å². The molecule has 19 heavy (non-hydrogen) atoms. The number of rotatable bonds is 2. The van der Waals surface area contributed by atoms with E-state index in [9.17, 15) is 0 Å². The summed E-state index contributed by atoms with van der Waals surface area (Å²) in [7, 11) is 0. The number of hydrogen-bond acceptors (Lipinski definition) is 4. The van der Waals surface area contributed by atoms with Gasteiger partial charge in [0.05, 0.1) is 0 Å². The Kier molecular flexibility index (Phi) is 3.96. The van der Waals surface area contributed by atoms with Gasteiger partial charge in [-0.1, -0.05) is 11.6 Å². The van der Waals surface area contributed by atoms with Crippen LogP contribution in [0.2, 0.25) is 5.02 Å². The average molecular weight is 359 g/mol. The number of benzene rings is 1. The van der Waals surface area contributed by atoms with Crippen LogP contribution in [0.15, 0.2) is 34.2 Å². The maximum atomic E-state index is 5.92. The Morgan fingerprint density at radius 2 is 1.68 bits per heavy atom. The topological polar surface area (TPSA) is 19.4 Å². The van der Waals surface area contributed by atoms with Crippen LogP contribution < -0.4 is 9.80 Å². The lowest BCUT2D eigenvalue weighted by Crippen LogP contribution is -2.46. The molecule has 100 valence electrons. The molecule has 0 spiro atoms. The molecule has 2 aromatic rings. The van der Waals surface area contributed by atoms with E-state index in [0.717, 1.165) is 40.9 Å². The Bertz CT molecular complexity index is 549. The molecule has 1 aliphatic rings. The van der Waals surface area contributed by atoms with E-state index in [1.54, 1.807) is 11.3 Å². The van der Waals surface area contributed by atoms with Crippen LogP contribution in [0.25, 0.3) is 0 Å². The van der Waals surface area contributed by atoms with E-state index in [1.807, 2.05) is 17.5 Å². The van der Waals surface area contributed by atoms with Crippen LogP contribution in [0.5, 0.6) is 0 Å². The van der Waals surface area contributed by atoms with Gasteiger partial charge in [-0.25, -0.2) is 4.98 Å². The highest BCUT2D eigenvalue weighted by Crippen LogP contribution is 2.26. The molecule has 0 unspecified atom stereocenters. The molecule has 6 heteroatoms. The molecule has 0 atom stereocenters. The normalized spacial score (nSPS) is 15.9. The average Bonchev–Trinajstić information content (AvgIpc) is 2.87. The number of anilines is 2. The Balaban J connectivity index is 1.64. The number of thiazole rings is 1. The summed E-state index contributed by atoms with van der Waals surface area (Å²) in [4.78, 5) is 9.19. The first-order chi connectivity index (χ1) is 9.22. The summed E-state index contributed by atoms with van der Waals surface area (Å²) in [6, 6.07) is 8.05. The van der Waals surface area contributed by atoms with Crippen LogP contribution in [0.4, 0.5) is 10.8 Å². The van der Waals surface area contributed by atoms with Crippen LogP contribution in [0.1, 0.15) is 0 Å². The van der Waals surface area contributed by atoms with Crippen molar-refractivity contribution in [2.45, 2.75) is 0 Å². The molecular formula is C13H13BrClN3S. The van der Waals surface area contributed by atoms with Gasteiger partial charge < -0.3 is 9.80 Å². The van der Waals surface area contributed by atoms with Gasteiger partial charge in [0, 0.05) is 42.3 Å². The highest BCUT2D eigenvalue weighted by atomic mass is 79.9. The highest BCUT2D eigenvalue weighted by molar-refractivity contribution is 9.10. The third kappa shape index (κ3) is 3.04. The number of halogens is 2. The first-order valence-corrected chi connectivity index (χ1v) is 8.14. The van der Waals surface area contributed by atoms with Crippen molar-refractivity contribution in [1.82, 2.24) is 4.98 Å². The molecule has 0 amide bonds. The fraction of sp³-hybridized carbons (Fsp3) is 0.308. The minimum atomic E-state index is 0.787. The van der Waals surface area contributed by atoms with Crippen molar-refractivity contribution in [3.8, 4) is 0 Å². The second-order valence-electron chi connectivity index (χ2n) is 4.40. The van der Waals surface area contributed by atoms with Gasteiger partial charge in [0.1, 0.15) is 4.60 Å². The van der Waals surface area contributed by atoms with Crippen molar-refractivity contribution < 1.29 is 0 Å². The maximum Gasteiger partial charge on any atom is 0.186 e. The van der Waals surface area contributed by atoms with Crippen molar-refractivity contribution in [2.75, 3.05) is 36.0 Å². The summed E-state index contributed by atoms with van der Waals surface area (Å²) in [6.45, 7) is 4.03. The quantitative estimate of drug-likeness (QED) is 0.812. The highest BCUT2D eigenvalue weighted by Gasteiger charge is 2.19. The zero-order valence-corrected chi connectivity index (χ0v) is 13.4. The molecule has 0 N–H and O–H groups in total. The smallest absolute Gasteiger partial charge is 0.186 e. The predicted octanol–water partition coefficient (Wildman–Crippen LogP) is 3.89. The Morgan fingerprint density at radius 3 is 2.26 bits per heavy atom. The minimum Gasteiger partial charge on any atom is -0.368 e. The second kappa shape index (κ2) is 5.69. The summed E-state index contributed by atoms with van der Waals surface area (Å²) < 4.78 is 0.924. The van der Waals surface area contributed by atoms with E-state index in [4.69, 9.17) is 11.6 Å². The molecule has 3 nitrogen and oxygen atoms in total. The van der Waals surface area contributed by atoms with E-state index in [-0.39, 0.29) is 0 Å². The number of aromatic nitrogens is 1. The van der Waals surface area contributed by atoms with Crippen molar-refractivity contribution >= 4 is 49.7 Å². The molecule has 1 aromatic heterocycles. The molecule has 2 heterocycles. The van der Waals surface area contributed by atoms with Crippen LogP contribution in [-0.2, 0) is 0 Å². The third-order valence-electron chi connectivity index (χ3n) is 3.21. The van der Waals surface area contributed by atoms with Crippen LogP contribution >= 0.6 is 38.9 Å². The zero-order chi connectivity index (χ0) is 13.2. The summed E-state index contributed by atoms with van der Waals surface area (Å²) in [6.07, 6.45) is 0. The van der Waals surface area contributed by atoms with Crippen LogP contribution in [-0.4, -0.2) is 31.2 Å². The maximum absolute atomic E-state index is 5.92. The summed E-state index contributed by atoms with van der Waals surface area (Å²) in [5.74, 6) is 0. The van der Waals surface area contributed by atoms with Gasteiger partial charge in [0.2, 0.25) is 0 Å². The molecule has 0 aliphatic carbocycles. The Labute approximate surface area is 129 Å². The Morgan fingerprint density at radius 1 is 1.05 bits per heavy atom. The van der Waals surface area contributed by atoms with Gasteiger partial charge in [0.25, 0.3) is 0 Å². The van der Waals surface area contributed by atoms with Gasteiger partial charge in [-0.15, -0.1) is 11.3 Å². The second-order valence-corrected chi connectivity index (χ2v) is 6.49. The first-order valence-electron chi connectivity index (χ1n) is 6.09. The van der Waals surface area contributed by atoms with E-state index < -0.39 is 0 Å². The number of hydrogen-bond donors (Lipinski definition) is 0.